The topological polar surface area (TPSA) is 23.8 Å². The third-order valence-corrected chi connectivity index (χ3v) is 3.85. The van der Waals surface area contributed by atoms with Crippen molar-refractivity contribution in [2.75, 3.05) is 0 Å². The van der Waals surface area contributed by atoms with E-state index >= 15 is 0 Å². The van der Waals surface area contributed by atoms with Gasteiger partial charge in [-0.3, -0.25) is 0 Å². The maximum atomic E-state index is 13.9. The molecule has 1 rings (SSSR count). The van der Waals surface area contributed by atoms with E-state index in [1.54, 1.807) is 0 Å². The van der Waals surface area contributed by atoms with Crippen LogP contribution in [0.15, 0.2) is 24.3 Å². The van der Waals surface area contributed by atoms with Crippen molar-refractivity contribution in [1.29, 1.82) is 5.26 Å². The summed E-state index contributed by atoms with van der Waals surface area (Å²) in [5, 5.41) is 8.68. The van der Waals surface area contributed by atoms with Gasteiger partial charge in [0.05, 0.1) is 11.6 Å². The molecule has 0 unspecified atom stereocenters. The molecule has 1 nitrogen and oxygen atoms in total. The second-order valence-electron chi connectivity index (χ2n) is 5.49. The number of nitrogens with zero attached hydrogens (tertiary/aromatic N) is 1. The lowest BCUT2D eigenvalue weighted by molar-refractivity contribution is -0.460. The molecule has 14 heteroatoms. The van der Waals surface area contributed by atoms with Gasteiger partial charge in [0.25, 0.3) is 0 Å². The van der Waals surface area contributed by atoms with Crippen LogP contribution in [0.1, 0.15) is 11.1 Å². The van der Waals surface area contributed by atoms with Crippen molar-refractivity contribution in [2.45, 2.75) is 36.8 Å². The van der Waals surface area contributed by atoms with Crippen LogP contribution < -0.4 is 0 Å². The fourth-order valence-electron chi connectivity index (χ4n) is 2.34. The molecule has 0 saturated carbocycles. The second-order valence-corrected chi connectivity index (χ2v) is 5.49. The Morgan fingerprint density at radius 2 is 1.07 bits per heavy atom. The zero-order chi connectivity index (χ0) is 22.4. The molecular weight excluding hydrogens is 429 g/mol. The van der Waals surface area contributed by atoms with Crippen LogP contribution in [0.4, 0.5) is 57.1 Å². The summed E-state index contributed by atoms with van der Waals surface area (Å²) in [6.45, 7) is 0. The standard InChI is InChI=1S/C14H6F13N/c15-10(16,11(17,18)14(25,26)27)9(12(19,20)21,13(22,23)24)5-7-3-1-2-4-8(7)6-28/h1-4H,5H2. The van der Waals surface area contributed by atoms with Gasteiger partial charge in [0.1, 0.15) is 0 Å². The summed E-state index contributed by atoms with van der Waals surface area (Å²) in [6.07, 6.45) is -25.1. The normalized spacial score (nSPS) is 14.7. The van der Waals surface area contributed by atoms with E-state index in [-0.39, 0.29) is 0 Å². The monoisotopic (exact) mass is 435 g/mol. The summed E-state index contributed by atoms with van der Waals surface area (Å²) in [6, 6.07) is 3.51. The molecule has 0 amide bonds. The first-order chi connectivity index (χ1) is 12.3. The van der Waals surface area contributed by atoms with Crippen LogP contribution in [0.3, 0.4) is 0 Å². The number of benzene rings is 1. The molecule has 0 radical (unpaired) electrons. The maximum Gasteiger partial charge on any atom is 0.459 e. The Morgan fingerprint density at radius 1 is 0.643 bits per heavy atom. The molecule has 0 saturated heterocycles. The van der Waals surface area contributed by atoms with Gasteiger partial charge in [-0.15, -0.1) is 0 Å². The quantitative estimate of drug-likeness (QED) is 0.529. The summed E-state index contributed by atoms with van der Waals surface area (Å²) < 4.78 is 171. The number of halogens is 13. The Morgan fingerprint density at radius 3 is 1.43 bits per heavy atom. The van der Waals surface area contributed by atoms with Gasteiger partial charge in [0.15, 0.2) is 0 Å². The molecule has 0 atom stereocenters. The Bertz CT molecular complexity index is 734. The van der Waals surface area contributed by atoms with Crippen molar-refractivity contribution >= 4 is 0 Å². The van der Waals surface area contributed by atoms with Crippen molar-refractivity contribution in [1.82, 2.24) is 0 Å². The molecule has 0 aliphatic rings. The van der Waals surface area contributed by atoms with Crippen LogP contribution in [0.25, 0.3) is 0 Å². The molecule has 158 valence electrons. The summed E-state index contributed by atoms with van der Waals surface area (Å²) in [5.74, 6) is -15.4. The van der Waals surface area contributed by atoms with Crippen molar-refractivity contribution in [3.63, 3.8) is 0 Å². The summed E-state index contributed by atoms with van der Waals surface area (Å²) in [4.78, 5) is 0. The van der Waals surface area contributed by atoms with E-state index in [1.165, 1.54) is 0 Å². The van der Waals surface area contributed by atoms with Gasteiger partial charge in [-0.25, -0.2) is 0 Å². The second kappa shape index (κ2) is 6.70. The average Bonchev–Trinajstić information content (AvgIpc) is 2.48. The van der Waals surface area contributed by atoms with Gasteiger partial charge in [-0.1, -0.05) is 18.2 Å². The molecule has 0 aliphatic heterocycles. The number of hydrogen-bond acceptors (Lipinski definition) is 1. The van der Waals surface area contributed by atoms with E-state index in [2.05, 4.69) is 0 Å². The molecule has 28 heavy (non-hydrogen) atoms. The SMILES string of the molecule is N#Cc1ccccc1CC(C(F)(F)F)(C(F)(F)F)C(F)(F)C(F)(F)C(F)(F)F. The minimum atomic E-state index is -7.71. The zero-order valence-corrected chi connectivity index (χ0v) is 12.9. The molecule has 1 aromatic carbocycles. The molecule has 0 spiro atoms. The minimum Gasteiger partial charge on any atom is -0.198 e. The number of rotatable bonds is 4. The molecule has 0 aliphatic carbocycles. The first-order valence-corrected chi connectivity index (χ1v) is 6.71. The lowest BCUT2D eigenvalue weighted by Crippen LogP contribution is -2.71. The van der Waals surface area contributed by atoms with Gasteiger partial charge in [0, 0.05) is 6.42 Å². The fourth-order valence-corrected chi connectivity index (χ4v) is 2.34. The zero-order valence-electron chi connectivity index (χ0n) is 12.9. The maximum absolute atomic E-state index is 13.9. The number of hydrogen-bond donors (Lipinski definition) is 0. The van der Waals surface area contributed by atoms with E-state index in [4.69, 9.17) is 5.26 Å². The fraction of sp³-hybridized carbons (Fsp3) is 0.500. The first kappa shape index (κ1) is 23.8. The average molecular weight is 435 g/mol. The number of alkyl halides is 13. The number of nitriles is 1. The van der Waals surface area contributed by atoms with E-state index < -0.39 is 53.3 Å². The highest BCUT2D eigenvalue weighted by Crippen LogP contribution is 2.66. The largest absolute Gasteiger partial charge is 0.459 e. The Hall–Kier alpha value is -2.20. The predicted octanol–water partition coefficient (Wildman–Crippen LogP) is 6.04. The Balaban J connectivity index is 3.97. The van der Waals surface area contributed by atoms with Crippen LogP contribution >= 0.6 is 0 Å². The van der Waals surface area contributed by atoms with E-state index in [0.717, 1.165) is 12.1 Å². The van der Waals surface area contributed by atoms with Crippen LogP contribution in [-0.4, -0.2) is 30.4 Å². The van der Waals surface area contributed by atoms with Crippen molar-refractivity contribution in [2.24, 2.45) is 5.41 Å². The van der Waals surface area contributed by atoms with Crippen LogP contribution in [0, 0.1) is 16.7 Å². The summed E-state index contributed by atoms with van der Waals surface area (Å²) >= 11 is 0. The molecule has 1 aromatic rings. The van der Waals surface area contributed by atoms with Gasteiger partial charge >= 0.3 is 30.4 Å². The van der Waals surface area contributed by atoms with E-state index in [9.17, 15) is 57.1 Å². The third kappa shape index (κ3) is 3.35. The lowest BCUT2D eigenvalue weighted by Gasteiger charge is -2.45. The van der Waals surface area contributed by atoms with Crippen molar-refractivity contribution < 1.29 is 57.1 Å². The van der Waals surface area contributed by atoms with Gasteiger partial charge in [0.2, 0.25) is 5.41 Å². The van der Waals surface area contributed by atoms with E-state index in [0.29, 0.717) is 18.2 Å². The van der Waals surface area contributed by atoms with Crippen molar-refractivity contribution in [3.8, 4) is 6.07 Å². The highest BCUT2D eigenvalue weighted by Gasteiger charge is 2.91. The van der Waals surface area contributed by atoms with Crippen molar-refractivity contribution in [3.05, 3.63) is 35.4 Å². The summed E-state index contributed by atoms with van der Waals surface area (Å²) in [7, 11) is 0. The molecule has 0 aromatic heterocycles. The van der Waals surface area contributed by atoms with E-state index in [1.807, 2.05) is 0 Å². The molecular formula is C14H6F13N. The van der Waals surface area contributed by atoms with Crippen LogP contribution in [-0.2, 0) is 6.42 Å². The molecule has 0 fully saturated rings. The molecule has 0 N–H and O–H groups in total. The molecule has 0 heterocycles. The lowest BCUT2D eigenvalue weighted by atomic mass is 9.71. The van der Waals surface area contributed by atoms with Gasteiger partial charge in [-0.2, -0.15) is 62.3 Å². The van der Waals surface area contributed by atoms with Gasteiger partial charge < -0.3 is 0 Å². The molecule has 0 bridgehead atoms. The summed E-state index contributed by atoms with van der Waals surface area (Å²) in [5.41, 5.74) is -9.34. The third-order valence-electron chi connectivity index (χ3n) is 3.85. The predicted molar refractivity (Wildman–Crippen MR) is 65.4 cm³/mol. The Labute approximate surface area is 147 Å². The highest BCUT2D eigenvalue weighted by molar-refractivity contribution is 5.39. The first-order valence-electron chi connectivity index (χ1n) is 6.71. The minimum absolute atomic E-state index is 0.298. The smallest absolute Gasteiger partial charge is 0.198 e. The van der Waals surface area contributed by atoms with Crippen LogP contribution in [0.2, 0.25) is 0 Å². The van der Waals surface area contributed by atoms with Gasteiger partial charge in [-0.05, 0) is 11.6 Å². The van der Waals surface area contributed by atoms with Crippen LogP contribution in [0.5, 0.6) is 0 Å². The highest BCUT2D eigenvalue weighted by atomic mass is 19.4. The Kier molecular flexibility index (Phi) is 5.70.